The monoisotopic (exact) mass is 659 g/mol. The number of aliphatic carboxylic acids is 1. The van der Waals surface area contributed by atoms with Gasteiger partial charge in [0.1, 0.15) is 24.2 Å². The van der Waals surface area contributed by atoms with Crippen LogP contribution < -0.4 is 21.3 Å². The number of nitrogens with zero attached hydrogens (tertiary/aromatic N) is 1. The van der Waals surface area contributed by atoms with E-state index in [0.29, 0.717) is 19.3 Å². The first-order valence-corrected chi connectivity index (χ1v) is 17.0. The standard InChI is InChI=1S/C36H61N5O6/c1-21(2)16-27(37-10)32(42)38-28(17-22(3)4)33(43)39-29(20-26-15-13-12-14-25(26)9)35(45)41(11)31(19-24(7)8)34(44)40-30(36(46)47)18-23(5)6/h12-15,21-24,27-31,37H,16-20H2,1-11H3,(H,38,42)(H,39,43)(H,40,44)(H,46,47)/t27-,28-,29+,30-,31-/m0/s1. The molecule has 0 radical (unpaired) electrons. The smallest absolute Gasteiger partial charge is 0.326 e. The number of rotatable bonds is 20. The average molecular weight is 660 g/mol. The minimum atomic E-state index is -1.14. The summed E-state index contributed by atoms with van der Waals surface area (Å²) in [5.74, 6) is -2.59. The molecule has 1 aromatic rings. The fraction of sp³-hybridized carbons (Fsp3) is 0.694. The van der Waals surface area contributed by atoms with E-state index in [2.05, 4.69) is 21.3 Å². The van der Waals surface area contributed by atoms with E-state index in [1.165, 1.54) is 11.9 Å². The predicted octanol–water partition coefficient (Wildman–Crippen LogP) is 3.68. The van der Waals surface area contributed by atoms with E-state index < -0.39 is 53.9 Å². The molecule has 0 unspecified atom stereocenters. The van der Waals surface area contributed by atoms with Gasteiger partial charge in [-0.05, 0) is 74.5 Å². The van der Waals surface area contributed by atoms with E-state index in [4.69, 9.17) is 0 Å². The molecule has 0 bridgehead atoms. The molecule has 0 spiro atoms. The molecule has 0 fully saturated rings. The Morgan fingerprint density at radius 3 is 1.60 bits per heavy atom. The lowest BCUT2D eigenvalue weighted by molar-refractivity contribution is -0.146. The third-order valence-corrected chi connectivity index (χ3v) is 8.15. The highest BCUT2D eigenvalue weighted by atomic mass is 16.4. The van der Waals surface area contributed by atoms with Gasteiger partial charge in [-0.3, -0.25) is 19.2 Å². The van der Waals surface area contributed by atoms with Gasteiger partial charge in [-0.1, -0.05) is 79.7 Å². The summed E-state index contributed by atoms with van der Waals surface area (Å²) in [5.41, 5.74) is 1.79. The van der Waals surface area contributed by atoms with E-state index >= 15 is 0 Å². The maximum absolute atomic E-state index is 14.3. The number of carbonyl (C=O) groups excluding carboxylic acids is 4. The van der Waals surface area contributed by atoms with Gasteiger partial charge in [0.15, 0.2) is 0 Å². The molecular formula is C36H61N5O6. The summed E-state index contributed by atoms with van der Waals surface area (Å²) in [6.45, 7) is 17.5. The Balaban J connectivity index is 3.46. The predicted molar refractivity (Wildman–Crippen MR) is 186 cm³/mol. The van der Waals surface area contributed by atoms with Gasteiger partial charge in [-0.2, -0.15) is 0 Å². The minimum absolute atomic E-state index is 0.00961. The first-order chi connectivity index (χ1) is 21.9. The van der Waals surface area contributed by atoms with Crippen LogP contribution in [0.1, 0.15) is 92.2 Å². The van der Waals surface area contributed by atoms with Crippen molar-refractivity contribution in [1.29, 1.82) is 0 Å². The highest BCUT2D eigenvalue weighted by Gasteiger charge is 2.36. The van der Waals surface area contributed by atoms with Crippen molar-refractivity contribution in [3.8, 4) is 0 Å². The largest absolute Gasteiger partial charge is 0.480 e. The van der Waals surface area contributed by atoms with Crippen LogP contribution in [0.5, 0.6) is 0 Å². The number of carboxylic acids is 1. The molecule has 266 valence electrons. The summed E-state index contributed by atoms with van der Waals surface area (Å²) in [7, 11) is 3.23. The third kappa shape index (κ3) is 14.5. The van der Waals surface area contributed by atoms with E-state index in [-0.39, 0.29) is 42.4 Å². The molecule has 11 nitrogen and oxygen atoms in total. The Morgan fingerprint density at radius 1 is 0.660 bits per heavy atom. The van der Waals surface area contributed by atoms with Gasteiger partial charge in [-0.15, -0.1) is 0 Å². The van der Waals surface area contributed by atoms with Crippen molar-refractivity contribution in [3.05, 3.63) is 35.4 Å². The highest BCUT2D eigenvalue weighted by Crippen LogP contribution is 2.17. The molecule has 11 heteroatoms. The fourth-order valence-electron chi connectivity index (χ4n) is 5.58. The molecule has 0 heterocycles. The van der Waals surface area contributed by atoms with E-state index in [1.54, 1.807) is 7.05 Å². The molecule has 0 saturated heterocycles. The van der Waals surface area contributed by atoms with Crippen LogP contribution >= 0.6 is 0 Å². The minimum Gasteiger partial charge on any atom is -0.480 e. The zero-order valence-electron chi connectivity index (χ0n) is 30.5. The Morgan fingerprint density at radius 2 is 1.11 bits per heavy atom. The highest BCUT2D eigenvalue weighted by molar-refractivity contribution is 5.95. The van der Waals surface area contributed by atoms with Crippen LogP contribution in [-0.2, 0) is 30.4 Å². The number of carboxylic acid groups (broad SMARTS) is 1. The Bertz CT molecular complexity index is 1180. The van der Waals surface area contributed by atoms with Gasteiger partial charge in [0.2, 0.25) is 23.6 Å². The summed E-state index contributed by atoms with van der Waals surface area (Å²) in [4.78, 5) is 68.3. The molecule has 0 aliphatic heterocycles. The SMILES string of the molecule is CN[C@@H](CC(C)C)C(=O)N[C@@H](CC(C)C)C(=O)N[C@H](Cc1ccccc1C)C(=O)N(C)[C@@H](CC(C)C)C(=O)N[C@@H](CC(C)C)C(=O)O. The number of carbonyl (C=O) groups is 5. The van der Waals surface area contributed by atoms with E-state index in [9.17, 15) is 29.1 Å². The van der Waals surface area contributed by atoms with E-state index in [1.807, 2.05) is 86.6 Å². The average Bonchev–Trinajstić information content (AvgIpc) is 2.96. The molecule has 1 aromatic carbocycles. The lowest BCUT2D eigenvalue weighted by Crippen LogP contribution is -2.59. The van der Waals surface area contributed by atoms with E-state index in [0.717, 1.165) is 11.1 Å². The molecule has 0 aromatic heterocycles. The number of hydrogen-bond donors (Lipinski definition) is 5. The van der Waals surface area contributed by atoms with Crippen LogP contribution in [0.3, 0.4) is 0 Å². The van der Waals surface area contributed by atoms with Gasteiger partial charge < -0.3 is 31.3 Å². The molecule has 1 rings (SSSR count). The zero-order valence-corrected chi connectivity index (χ0v) is 30.5. The topological polar surface area (TPSA) is 157 Å². The molecule has 0 aliphatic rings. The van der Waals surface area contributed by atoms with Gasteiger partial charge in [0.05, 0.1) is 6.04 Å². The van der Waals surface area contributed by atoms with Crippen molar-refractivity contribution in [2.75, 3.05) is 14.1 Å². The quantitative estimate of drug-likeness (QED) is 0.143. The number of likely N-dealkylation sites (N-methyl/N-ethyl adjacent to an activating group) is 2. The van der Waals surface area contributed by atoms with Crippen molar-refractivity contribution < 1.29 is 29.1 Å². The summed E-state index contributed by atoms with van der Waals surface area (Å²) in [6.07, 6.45) is 1.66. The third-order valence-electron chi connectivity index (χ3n) is 8.15. The van der Waals surface area contributed by atoms with Crippen molar-refractivity contribution in [2.45, 2.75) is 125 Å². The second kappa shape index (κ2) is 20.0. The molecule has 5 atom stereocenters. The first kappa shape index (κ1) is 41.6. The number of benzene rings is 1. The van der Waals surface area contributed by atoms with Gasteiger partial charge in [0.25, 0.3) is 0 Å². The fourth-order valence-corrected chi connectivity index (χ4v) is 5.58. The molecule has 4 amide bonds. The second-order valence-corrected chi connectivity index (χ2v) is 14.5. The second-order valence-electron chi connectivity index (χ2n) is 14.5. The van der Waals surface area contributed by atoms with Crippen LogP contribution in [0.4, 0.5) is 0 Å². The molecule has 5 N–H and O–H groups in total. The van der Waals surface area contributed by atoms with Gasteiger partial charge >= 0.3 is 5.97 Å². The Labute approximate surface area is 282 Å². The van der Waals surface area contributed by atoms with Gasteiger partial charge in [0, 0.05) is 13.5 Å². The maximum Gasteiger partial charge on any atom is 0.326 e. The zero-order chi connectivity index (χ0) is 36.0. The lowest BCUT2D eigenvalue weighted by Gasteiger charge is -2.33. The van der Waals surface area contributed by atoms with Crippen molar-refractivity contribution >= 4 is 29.6 Å². The number of amides is 4. The number of nitrogens with one attached hydrogen (secondary N) is 4. The number of aryl methyl sites for hydroxylation is 1. The van der Waals surface area contributed by atoms with Crippen LogP contribution in [0.15, 0.2) is 24.3 Å². The normalized spacial score (nSPS) is 14.8. The van der Waals surface area contributed by atoms with Crippen LogP contribution in [-0.4, -0.2) is 83.9 Å². The number of hydrogen-bond acceptors (Lipinski definition) is 6. The van der Waals surface area contributed by atoms with Gasteiger partial charge in [-0.25, -0.2) is 4.79 Å². The molecule has 0 aliphatic carbocycles. The maximum atomic E-state index is 14.3. The lowest BCUT2D eigenvalue weighted by atomic mass is 9.96. The van der Waals surface area contributed by atoms with Crippen LogP contribution in [0.25, 0.3) is 0 Å². The first-order valence-electron chi connectivity index (χ1n) is 17.0. The molecule has 47 heavy (non-hydrogen) atoms. The summed E-state index contributed by atoms with van der Waals surface area (Å²) in [5, 5.41) is 21.3. The Hall–Kier alpha value is -3.47. The molecular weight excluding hydrogens is 598 g/mol. The van der Waals surface area contributed by atoms with Crippen molar-refractivity contribution in [3.63, 3.8) is 0 Å². The van der Waals surface area contributed by atoms with Crippen LogP contribution in [0, 0.1) is 30.6 Å². The Kier molecular flexibility index (Phi) is 17.7. The molecule has 0 saturated carbocycles. The van der Waals surface area contributed by atoms with Crippen molar-refractivity contribution in [2.24, 2.45) is 23.7 Å². The summed E-state index contributed by atoms with van der Waals surface area (Å²) in [6, 6.07) is 3.09. The summed E-state index contributed by atoms with van der Waals surface area (Å²) >= 11 is 0. The summed E-state index contributed by atoms with van der Waals surface area (Å²) < 4.78 is 0. The van der Waals surface area contributed by atoms with Crippen LogP contribution in [0.2, 0.25) is 0 Å². The van der Waals surface area contributed by atoms with Crippen molar-refractivity contribution in [1.82, 2.24) is 26.2 Å².